The van der Waals surface area contributed by atoms with E-state index in [4.69, 9.17) is 5.73 Å². The molecule has 0 saturated heterocycles. The van der Waals surface area contributed by atoms with Crippen molar-refractivity contribution in [3.8, 4) is 0 Å². The average Bonchev–Trinajstić information content (AvgIpc) is 2.30. The van der Waals surface area contributed by atoms with Gasteiger partial charge in [0, 0.05) is 18.0 Å². The van der Waals surface area contributed by atoms with Crippen molar-refractivity contribution >= 4 is 17.6 Å². The van der Waals surface area contributed by atoms with Crippen molar-refractivity contribution in [2.45, 2.75) is 26.3 Å². The van der Waals surface area contributed by atoms with Gasteiger partial charge in [-0.1, -0.05) is 19.9 Å². The van der Waals surface area contributed by atoms with E-state index in [9.17, 15) is 0 Å². The predicted octanol–water partition coefficient (Wildman–Crippen LogP) is 2.18. The molecule has 0 aromatic carbocycles. The molecule has 1 aromatic rings. The van der Waals surface area contributed by atoms with E-state index in [1.807, 2.05) is 24.9 Å². The van der Waals surface area contributed by atoms with Gasteiger partial charge in [0.1, 0.15) is 5.82 Å². The lowest BCUT2D eigenvalue weighted by molar-refractivity contribution is 0.616. The molecule has 0 fully saturated rings. The Balaban J connectivity index is 2.44. The molecular weight excluding hydrogens is 230 g/mol. The fraction of sp³-hybridized carbons (Fsp3) is 0.615. The van der Waals surface area contributed by atoms with E-state index in [0.717, 1.165) is 23.7 Å². The normalized spacial score (nSPS) is 12.9. The number of anilines is 1. The Morgan fingerprint density at radius 1 is 1.41 bits per heavy atom. The molecule has 0 bridgehead atoms. The number of likely N-dealkylation sites (N-methyl/N-ethyl adjacent to an activating group) is 1. The zero-order valence-corrected chi connectivity index (χ0v) is 11.8. The smallest absolute Gasteiger partial charge is 0.126 e. The highest BCUT2D eigenvalue weighted by atomic mass is 32.2. The maximum Gasteiger partial charge on any atom is 0.126 e. The summed E-state index contributed by atoms with van der Waals surface area (Å²) in [6.07, 6.45) is 2.68. The van der Waals surface area contributed by atoms with E-state index >= 15 is 0 Å². The molecule has 0 radical (unpaired) electrons. The monoisotopic (exact) mass is 253 g/mol. The first-order valence-corrected chi connectivity index (χ1v) is 7.23. The molecule has 0 spiro atoms. The Labute approximate surface area is 109 Å². The Morgan fingerprint density at radius 2 is 2.18 bits per heavy atom. The van der Waals surface area contributed by atoms with Crippen LogP contribution in [0.4, 0.5) is 5.82 Å². The summed E-state index contributed by atoms with van der Waals surface area (Å²) in [6.45, 7) is 4.50. The topological polar surface area (TPSA) is 50.9 Å². The molecule has 0 aliphatic heterocycles. The van der Waals surface area contributed by atoms with Gasteiger partial charge in [0.15, 0.2) is 0 Å². The Hall–Kier alpha value is -0.740. The third-order valence-electron chi connectivity index (χ3n) is 2.57. The minimum atomic E-state index is 0.463. The van der Waals surface area contributed by atoms with Crippen molar-refractivity contribution < 1.29 is 0 Å². The first kappa shape index (κ1) is 14.3. The quantitative estimate of drug-likeness (QED) is 0.782. The van der Waals surface area contributed by atoms with Crippen LogP contribution in [0.15, 0.2) is 18.3 Å². The number of hydrogen-bond acceptors (Lipinski definition) is 4. The van der Waals surface area contributed by atoms with Crippen LogP contribution in [0.5, 0.6) is 0 Å². The van der Waals surface area contributed by atoms with E-state index in [1.165, 1.54) is 5.75 Å². The van der Waals surface area contributed by atoms with Gasteiger partial charge in [-0.15, -0.1) is 0 Å². The summed E-state index contributed by atoms with van der Waals surface area (Å²) in [7, 11) is 2.01. The summed E-state index contributed by atoms with van der Waals surface area (Å²) in [5, 5.41) is 3.35. The summed E-state index contributed by atoms with van der Waals surface area (Å²) >= 11 is 2.00. The van der Waals surface area contributed by atoms with Gasteiger partial charge in [-0.25, -0.2) is 4.98 Å². The largest absolute Gasteiger partial charge is 0.383 e. The van der Waals surface area contributed by atoms with Crippen molar-refractivity contribution in [3.63, 3.8) is 0 Å². The van der Waals surface area contributed by atoms with Gasteiger partial charge in [-0.05, 0) is 36.8 Å². The van der Waals surface area contributed by atoms with Crippen LogP contribution in [0.3, 0.4) is 0 Å². The highest BCUT2D eigenvalue weighted by molar-refractivity contribution is 7.99. The minimum Gasteiger partial charge on any atom is -0.383 e. The maximum absolute atomic E-state index is 5.85. The number of thioether (sulfide) groups is 1. The fourth-order valence-electron chi connectivity index (χ4n) is 1.58. The molecule has 0 aliphatic rings. The number of rotatable bonds is 7. The Morgan fingerprint density at radius 3 is 2.76 bits per heavy atom. The second kappa shape index (κ2) is 7.56. The standard InChI is InChI=1S/C13H23N3S/c1-10(2)8-17-9-12(15-3)7-11-5-4-6-16-13(11)14/h4-6,10,12,15H,7-9H2,1-3H3,(H2,14,16). The molecule has 17 heavy (non-hydrogen) atoms. The van der Waals surface area contributed by atoms with Crippen molar-refractivity contribution in [1.82, 2.24) is 10.3 Å². The molecule has 0 aliphatic carbocycles. The van der Waals surface area contributed by atoms with Crippen LogP contribution in [0.1, 0.15) is 19.4 Å². The average molecular weight is 253 g/mol. The van der Waals surface area contributed by atoms with Crippen LogP contribution in [0.2, 0.25) is 0 Å². The van der Waals surface area contributed by atoms with Crippen LogP contribution in [-0.2, 0) is 6.42 Å². The molecule has 96 valence electrons. The van der Waals surface area contributed by atoms with Gasteiger partial charge < -0.3 is 11.1 Å². The highest BCUT2D eigenvalue weighted by Gasteiger charge is 2.10. The highest BCUT2D eigenvalue weighted by Crippen LogP contribution is 2.14. The van der Waals surface area contributed by atoms with Crippen LogP contribution in [0.25, 0.3) is 0 Å². The number of nitrogens with two attached hydrogens (primary N) is 1. The molecule has 0 saturated carbocycles. The number of nitrogens with one attached hydrogen (secondary N) is 1. The SMILES string of the molecule is CNC(CSCC(C)C)Cc1cccnc1N. The van der Waals surface area contributed by atoms with Gasteiger partial charge in [0.05, 0.1) is 0 Å². The molecular formula is C13H23N3S. The zero-order chi connectivity index (χ0) is 12.7. The van der Waals surface area contributed by atoms with Gasteiger partial charge in [-0.2, -0.15) is 11.8 Å². The minimum absolute atomic E-state index is 0.463. The number of nitrogen functional groups attached to an aromatic ring is 1. The molecule has 1 atom stereocenters. The molecule has 1 rings (SSSR count). The lowest BCUT2D eigenvalue weighted by Crippen LogP contribution is -2.30. The van der Waals surface area contributed by atoms with Crippen LogP contribution in [-0.4, -0.2) is 29.6 Å². The third-order valence-corrected chi connectivity index (χ3v) is 4.11. The molecule has 3 nitrogen and oxygen atoms in total. The molecule has 1 unspecified atom stereocenters. The maximum atomic E-state index is 5.85. The number of pyridine rings is 1. The lowest BCUT2D eigenvalue weighted by Gasteiger charge is -2.17. The number of hydrogen-bond donors (Lipinski definition) is 2. The lowest BCUT2D eigenvalue weighted by atomic mass is 10.1. The molecule has 0 amide bonds. The van der Waals surface area contributed by atoms with Gasteiger partial charge in [-0.3, -0.25) is 0 Å². The van der Waals surface area contributed by atoms with Crippen LogP contribution < -0.4 is 11.1 Å². The van der Waals surface area contributed by atoms with E-state index in [0.29, 0.717) is 11.9 Å². The van der Waals surface area contributed by atoms with Gasteiger partial charge in [0.25, 0.3) is 0 Å². The second-order valence-electron chi connectivity index (χ2n) is 4.67. The van der Waals surface area contributed by atoms with Crippen molar-refractivity contribution in [2.75, 3.05) is 24.3 Å². The number of nitrogens with zero attached hydrogens (tertiary/aromatic N) is 1. The summed E-state index contributed by atoms with van der Waals surface area (Å²) in [6, 6.07) is 4.46. The van der Waals surface area contributed by atoms with E-state index in [2.05, 4.69) is 30.2 Å². The Bertz CT molecular complexity index is 328. The van der Waals surface area contributed by atoms with Crippen molar-refractivity contribution in [2.24, 2.45) is 5.92 Å². The summed E-state index contributed by atoms with van der Waals surface area (Å²) in [5.74, 6) is 3.73. The first-order chi connectivity index (χ1) is 8.13. The van der Waals surface area contributed by atoms with Crippen LogP contribution in [0, 0.1) is 5.92 Å². The second-order valence-corrected chi connectivity index (χ2v) is 5.74. The van der Waals surface area contributed by atoms with Gasteiger partial charge in [0.2, 0.25) is 0 Å². The fourth-order valence-corrected chi connectivity index (χ4v) is 2.76. The third kappa shape index (κ3) is 5.41. The van der Waals surface area contributed by atoms with Crippen LogP contribution >= 0.6 is 11.8 Å². The molecule has 3 N–H and O–H groups in total. The van der Waals surface area contributed by atoms with Gasteiger partial charge >= 0.3 is 0 Å². The number of aromatic nitrogens is 1. The van der Waals surface area contributed by atoms with E-state index in [-0.39, 0.29) is 0 Å². The van der Waals surface area contributed by atoms with E-state index < -0.39 is 0 Å². The summed E-state index contributed by atoms with van der Waals surface area (Å²) in [5.41, 5.74) is 6.99. The van der Waals surface area contributed by atoms with Crippen molar-refractivity contribution in [3.05, 3.63) is 23.9 Å². The predicted molar refractivity (Wildman–Crippen MR) is 77.4 cm³/mol. The first-order valence-electron chi connectivity index (χ1n) is 6.07. The molecule has 4 heteroatoms. The molecule has 1 heterocycles. The summed E-state index contributed by atoms with van der Waals surface area (Å²) in [4.78, 5) is 4.12. The molecule has 1 aromatic heterocycles. The van der Waals surface area contributed by atoms with Crippen molar-refractivity contribution in [1.29, 1.82) is 0 Å². The summed E-state index contributed by atoms with van der Waals surface area (Å²) < 4.78 is 0. The van der Waals surface area contributed by atoms with E-state index in [1.54, 1.807) is 6.20 Å². The Kier molecular flexibility index (Phi) is 6.37. The zero-order valence-electron chi connectivity index (χ0n) is 10.9.